The molecule has 3 rings (SSSR count). The Labute approximate surface area is 144 Å². The second-order valence-corrected chi connectivity index (χ2v) is 7.71. The third-order valence-electron chi connectivity index (χ3n) is 3.87. The van der Waals surface area contributed by atoms with Crippen LogP contribution in [0.25, 0.3) is 5.69 Å². The van der Waals surface area contributed by atoms with Crippen molar-refractivity contribution in [1.82, 2.24) is 25.4 Å². The lowest BCUT2D eigenvalue weighted by atomic mass is 10.1. The number of benzene rings is 1. The first-order valence-electron chi connectivity index (χ1n) is 7.62. The Morgan fingerprint density at radius 3 is 2.79 bits per heavy atom. The van der Waals surface area contributed by atoms with E-state index in [-0.39, 0.29) is 11.8 Å². The van der Waals surface area contributed by atoms with E-state index in [4.69, 9.17) is 0 Å². The topological polar surface area (TPSA) is 88.9 Å². The van der Waals surface area contributed by atoms with Crippen LogP contribution in [0.4, 0.5) is 0 Å². The first-order chi connectivity index (χ1) is 11.5. The number of hydrogen-bond acceptors (Lipinski definition) is 5. The van der Waals surface area contributed by atoms with Gasteiger partial charge in [0.25, 0.3) is 0 Å². The fraction of sp³-hybridized carbons (Fsp3) is 0.375. The lowest BCUT2D eigenvalue weighted by molar-refractivity contribution is -0.129. The molecule has 24 heavy (non-hydrogen) atoms. The summed E-state index contributed by atoms with van der Waals surface area (Å²) in [4.78, 5) is 28.1. The third-order valence-corrected chi connectivity index (χ3v) is 5.27. The molecule has 0 bridgehead atoms. The molecule has 1 aromatic heterocycles. The maximum Gasteiger partial charge on any atom is 0.243 e. The van der Waals surface area contributed by atoms with Gasteiger partial charge in [-0.1, -0.05) is 12.1 Å². The molecule has 1 unspecified atom stereocenters. The van der Waals surface area contributed by atoms with Crippen LogP contribution in [-0.2, 0) is 16.1 Å². The van der Waals surface area contributed by atoms with Gasteiger partial charge in [-0.15, -0.1) is 11.8 Å². The normalized spacial score (nSPS) is 19.6. The molecule has 0 spiro atoms. The predicted octanol–water partition coefficient (Wildman–Crippen LogP) is 0.894. The standard InChI is InChI=1S/C16H19N5O2S/c1-16(2)15(23)20-13(8-24-16)14(22)18-7-11-3-5-12(6-4-11)21-10-17-9-19-21/h3-6,9-10,13H,7-8H2,1-2H3,(H,18,22)(H,20,23). The Kier molecular flexibility index (Phi) is 4.57. The summed E-state index contributed by atoms with van der Waals surface area (Å²) in [6.45, 7) is 4.13. The lowest BCUT2D eigenvalue weighted by Gasteiger charge is -2.32. The second kappa shape index (κ2) is 6.64. The van der Waals surface area contributed by atoms with Gasteiger partial charge in [0.05, 0.1) is 10.4 Å². The van der Waals surface area contributed by atoms with Gasteiger partial charge in [0.15, 0.2) is 0 Å². The number of nitrogens with one attached hydrogen (secondary N) is 2. The molecule has 7 nitrogen and oxygen atoms in total. The van der Waals surface area contributed by atoms with E-state index in [1.807, 2.05) is 38.1 Å². The van der Waals surface area contributed by atoms with E-state index >= 15 is 0 Å². The molecule has 2 amide bonds. The molecule has 1 aliphatic heterocycles. The molecule has 1 saturated heterocycles. The molecule has 0 radical (unpaired) electrons. The number of rotatable bonds is 4. The van der Waals surface area contributed by atoms with E-state index in [9.17, 15) is 9.59 Å². The van der Waals surface area contributed by atoms with Gasteiger partial charge in [0, 0.05) is 12.3 Å². The molecule has 8 heteroatoms. The van der Waals surface area contributed by atoms with Gasteiger partial charge >= 0.3 is 0 Å². The summed E-state index contributed by atoms with van der Waals surface area (Å²) in [7, 11) is 0. The minimum atomic E-state index is -0.482. The zero-order chi connectivity index (χ0) is 17.2. The SMILES string of the molecule is CC1(C)SCC(C(=O)NCc2ccc(-n3cncn3)cc2)NC1=O. The highest BCUT2D eigenvalue weighted by atomic mass is 32.2. The molecule has 1 fully saturated rings. The molecule has 2 N–H and O–H groups in total. The van der Waals surface area contributed by atoms with Crippen molar-refractivity contribution in [1.29, 1.82) is 0 Å². The largest absolute Gasteiger partial charge is 0.350 e. The molecule has 1 aliphatic rings. The van der Waals surface area contributed by atoms with Crippen molar-refractivity contribution in [2.75, 3.05) is 5.75 Å². The van der Waals surface area contributed by atoms with Gasteiger partial charge in [-0.25, -0.2) is 9.67 Å². The number of hydrogen-bond donors (Lipinski definition) is 2. The lowest BCUT2D eigenvalue weighted by Crippen LogP contribution is -2.57. The molecule has 1 aromatic carbocycles. The summed E-state index contributed by atoms with van der Waals surface area (Å²) in [6, 6.07) is 7.20. The number of thioether (sulfide) groups is 1. The first kappa shape index (κ1) is 16.5. The zero-order valence-electron chi connectivity index (χ0n) is 13.5. The molecule has 126 valence electrons. The molecule has 0 saturated carbocycles. The minimum absolute atomic E-state index is 0.101. The van der Waals surface area contributed by atoms with Gasteiger partial charge in [0.2, 0.25) is 11.8 Å². The van der Waals surface area contributed by atoms with Crippen molar-refractivity contribution < 1.29 is 9.59 Å². The summed E-state index contributed by atoms with van der Waals surface area (Å²) < 4.78 is 1.19. The van der Waals surface area contributed by atoms with Crippen LogP contribution in [0.1, 0.15) is 19.4 Å². The highest BCUT2D eigenvalue weighted by Gasteiger charge is 2.37. The Bertz CT molecular complexity index is 727. The van der Waals surface area contributed by atoms with Crippen molar-refractivity contribution in [3.63, 3.8) is 0 Å². The van der Waals surface area contributed by atoms with Crippen LogP contribution in [0.2, 0.25) is 0 Å². The number of amides is 2. The Morgan fingerprint density at radius 1 is 1.42 bits per heavy atom. The quantitative estimate of drug-likeness (QED) is 0.859. The van der Waals surface area contributed by atoms with E-state index in [2.05, 4.69) is 20.7 Å². The van der Waals surface area contributed by atoms with Crippen LogP contribution >= 0.6 is 11.8 Å². The minimum Gasteiger partial charge on any atom is -0.350 e. The predicted molar refractivity (Wildman–Crippen MR) is 91.7 cm³/mol. The molecule has 1 atom stereocenters. The third kappa shape index (κ3) is 3.59. The average Bonchev–Trinajstić information content (AvgIpc) is 3.10. The first-order valence-corrected chi connectivity index (χ1v) is 8.61. The Balaban J connectivity index is 1.54. The number of carbonyl (C=O) groups is 2. The summed E-state index contributed by atoms with van der Waals surface area (Å²) in [6.07, 6.45) is 3.10. The van der Waals surface area contributed by atoms with Crippen LogP contribution < -0.4 is 10.6 Å². The highest BCUT2D eigenvalue weighted by Crippen LogP contribution is 2.28. The van der Waals surface area contributed by atoms with E-state index < -0.39 is 10.8 Å². The van der Waals surface area contributed by atoms with Gasteiger partial charge in [0.1, 0.15) is 18.7 Å². The smallest absolute Gasteiger partial charge is 0.243 e. The summed E-state index contributed by atoms with van der Waals surface area (Å²) >= 11 is 1.50. The molecular weight excluding hydrogens is 326 g/mol. The van der Waals surface area contributed by atoms with Crippen LogP contribution in [0.5, 0.6) is 0 Å². The van der Waals surface area contributed by atoms with E-state index in [0.29, 0.717) is 12.3 Å². The van der Waals surface area contributed by atoms with Crippen molar-refractivity contribution in [2.24, 2.45) is 0 Å². The Morgan fingerprint density at radius 2 is 2.17 bits per heavy atom. The average molecular weight is 345 g/mol. The van der Waals surface area contributed by atoms with Crippen LogP contribution in [0.15, 0.2) is 36.9 Å². The second-order valence-electron chi connectivity index (χ2n) is 6.07. The summed E-state index contributed by atoms with van der Waals surface area (Å²) in [5.41, 5.74) is 1.88. The van der Waals surface area contributed by atoms with Crippen molar-refractivity contribution in [3.8, 4) is 5.69 Å². The zero-order valence-corrected chi connectivity index (χ0v) is 14.3. The molecule has 0 aliphatic carbocycles. The van der Waals surface area contributed by atoms with E-state index in [1.165, 1.54) is 18.1 Å². The highest BCUT2D eigenvalue weighted by molar-refractivity contribution is 8.01. The number of carbonyl (C=O) groups excluding carboxylic acids is 2. The van der Waals surface area contributed by atoms with Crippen LogP contribution in [0, 0.1) is 0 Å². The van der Waals surface area contributed by atoms with E-state index in [1.54, 1.807) is 11.0 Å². The summed E-state index contributed by atoms with van der Waals surface area (Å²) in [5, 5.41) is 9.71. The van der Waals surface area contributed by atoms with Crippen molar-refractivity contribution >= 4 is 23.6 Å². The monoisotopic (exact) mass is 345 g/mol. The van der Waals surface area contributed by atoms with Crippen molar-refractivity contribution in [3.05, 3.63) is 42.5 Å². The number of aromatic nitrogens is 3. The van der Waals surface area contributed by atoms with Gasteiger partial charge in [-0.2, -0.15) is 5.10 Å². The number of nitrogens with zero attached hydrogens (tertiary/aromatic N) is 3. The Hall–Kier alpha value is -2.35. The van der Waals surface area contributed by atoms with Gasteiger partial charge in [-0.05, 0) is 31.5 Å². The van der Waals surface area contributed by atoms with Gasteiger partial charge < -0.3 is 10.6 Å². The van der Waals surface area contributed by atoms with E-state index in [0.717, 1.165) is 11.3 Å². The molecule has 2 aromatic rings. The van der Waals surface area contributed by atoms with Crippen LogP contribution in [0.3, 0.4) is 0 Å². The van der Waals surface area contributed by atoms with Gasteiger partial charge in [-0.3, -0.25) is 9.59 Å². The molecular formula is C16H19N5O2S. The van der Waals surface area contributed by atoms with Crippen LogP contribution in [-0.4, -0.2) is 43.1 Å². The maximum absolute atomic E-state index is 12.2. The summed E-state index contributed by atoms with van der Waals surface area (Å²) in [5.74, 6) is 0.318. The van der Waals surface area contributed by atoms with Crippen molar-refractivity contribution in [2.45, 2.75) is 31.2 Å². The maximum atomic E-state index is 12.2. The molecule has 2 heterocycles. The fourth-order valence-electron chi connectivity index (χ4n) is 2.29. The fourth-order valence-corrected chi connectivity index (χ4v) is 3.30.